The van der Waals surface area contributed by atoms with Crippen LogP contribution in [0.25, 0.3) is 0 Å². The third-order valence-corrected chi connectivity index (χ3v) is 5.81. The fourth-order valence-electron chi connectivity index (χ4n) is 4.24. The van der Waals surface area contributed by atoms with Gasteiger partial charge in [-0.2, -0.15) is 5.10 Å². The number of rotatable bonds is 7. The maximum atomic E-state index is 12.0. The number of hydrazone groups is 1. The molecule has 3 rings (SSSR count). The van der Waals surface area contributed by atoms with Gasteiger partial charge in [0, 0.05) is 23.1 Å². The van der Waals surface area contributed by atoms with Crippen LogP contribution in [-0.2, 0) is 4.79 Å². The highest BCUT2D eigenvalue weighted by atomic mass is 35.5. The van der Waals surface area contributed by atoms with E-state index >= 15 is 0 Å². The Morgan fingerprint density at radius 2 is 2.20 bits per heavy atom. The highest BCUT2D eigenvalue weighted by Crippen LogP contribution is 2.48. The van der Waals surface area contributed by atoms with Crippen LogP contribution in [0.4, 0.5) is 0 Å². The Bertz CT molecular complexity index is 659. The molecule has 1 N–H and O–H groups in total. The Morgan fingerprint density at radius 3 is 2.88 bits per heavy atom. The maximum Gasteiger partial charge on any atom is 0.240 e. The van der Waals surface area contributed by atoms with Gasteiger partial charge in [-0.25, -0.2) is 5.43 Å². The molecule has 1 aromatic carbocycles. The van der Waals surface area contributed by atoms with Crippen molar-refractivity contribution in [3.63, 3.8) is 0 Å². The first kappa shape index (κ1) is 18.2. The monoisotopic (exact) mass is 362 g/mol. The third kappa shape index (κ3) is 4.75. The van der Waals surface area contributed by atoms with Gasteiger partial charge < -0.3 is 4.74 Å². The summed E-state index contributed by atoms with van der Waals surface area (Å²) in [6.45, 7) is 4.52. The molecule has 0 aliphatic heterocycles. The lowest BCUT2D eigenvalue weighted by atomic mass is 9.86. The molecule has 2 aliphatic carbocycles. The Hall–Kier alpha value is -1.55. The number of nitrogens with one attached hydrogen (secondary N) is 1. The average Bonchev–Trinajstić information content (AvgIpc) is 3.21. The lowest BCUT2D eigenvalue weighted by molar-refractivity contribution is -0.121. The number of aryl methyl sites for hydroxylation is 1. The summed E-state index contributed by atoms with van der Waals surface area (Å²) < 4.78 is 5.71. The molecule has 0 aromatic heterocycles. The highest BCUT2D eigenvalue weighted by molar-refractivity contribution is 6.30. The van der Waals surface area contributed by atoms with E-state index in [9.17, 15) is 4.79 Å². The van der Waals surface area contributed by atoms with E-state index in [1.165, 1.54) is 25.7 Å². The third-order valence-electron chi connectivity index (χ3n) is 5.57. The molecule has 1 aromatic rings. The summed E-state index contributed by atoms with van der Waals surface area (Å²) in [6.07, 6.45) is 6.40. The zero-order valence-electron chi connectivity index (χ0n) is 15.1. The van der Waals surface area contributed by atoms with Gasteiger partial charge in [-0.15, -0.1) is 0 Å². The molecule has 5 heteroatoms. The average molecular weight is 363 g/mol. The van der Waals surface area contributed by atoms with Gasteiger partial charge in [-0.1, -0.05) is 18.0 Å². The fraction of sp³-hybridized carbons (Fsp3) is 0.600. The minimum atomic E-state index is -0.0427. The van der Waals surface area contributed by atoms with Crippen LogP contribution in [0.5, 0.6) is 5.75 Å². The SMILES string of the molecule is CC(=NNC(=O)CCCOc1ccc(Cl)cc1C)C1CC2CCC1C2. The molecule has 3 atom stereocenters. The molecule has 0 spiro atoms. The molecule has 136 valence electrons. The second kappa shape index (κ2) is 8.22. The molecule has 0 radical (unpaired) electrons. The predicted molar refractivity (Wildman–Crippen MR) is 101 cm³/mol. The molecule has 2 bridgehead atoms. The van der Waals surface area contributed by atoms with Crippen molar-refractivity contribution in [2.75, 3.05) is 6.61 Å². The van der Waals surface area contributed by atoms with Crippen molar-refractivity contribution in [2.45, 2.75) is 52.4 Å². The molecule has 2 aliphatic rings. The molecule has 3 unspecified atom stereocenters. The first-order chi connectivity index (χ1) is 12.0. The van der Waals surface area contributed by atoms with E-state index in [0.29, 0.717) is 30.4 Å². The first-order valence-electron chi connectivity index (χ1n) is 9.25. The van der Waals surface area contributed by atoms with Crippen LogP contribution in [-0.4, -0.2) is 18.2 Å². The van der Waals surface area contributed by atoms with Crippen LogP contribution in [0.3, 0.4) is 0 Å². The topological polar surface area (TPSA) is 50.7 Å². The molecule has 2 fully saturated rings. The van der Waals surface area contributed by atoms with Crippen LogP contribution in [0, 0.1) is 24.7 Å². The molecule has 4 nitrogen and oxygen atoms in total. The Balaban J connectivity index is 1.36. The molecule has 1 amide bonds. The molecule has 2 saturated carbocycles. The van der Waals surface area contributed by atoms with Gasteiger partial charge in [0.2, 0.25) is 5.91 Å². The Labute approximate surface area is 155 Å². The van der Waals surface area contributed by atoms with E-state index in [1.807, 2.05) is 25.1 Å². The largest absolute Gasteiger partial charge is 0.493 e. The zero-order chi connectivity index (χ0) is 17.8. The lowest BCUT2D eigenvalue weighted by Gasteiger charge is -2.21. The number of ether oxygens (including phenoxy) is 1. The van der Waals surface area contributed by atoms with E-state index in [2.05, 4.69) is 17.5 Å². The van der Waals surface area contributed by atoms with Gasteiger partial charge in [-0.3, -0.25) is 4.79 Å². The second-order valence-corrected chi connectivity index (χ2v) is 7.87. The number of halogens is 1. The van der Waals surface area contributed by atoms with E-state index in [4.69, 9.17) is 16.3 Å². The van der Waals surface area contributed by atoms with E-state index in [-0.39, 0.29) is 5.91 Å². The van der Waals surface area contributed by atoms with Crippen molar-refractivity contribution < 1.29 is 9.53 Å². The molecule has 0 saturated heterocycles. The van der Waals surface area contributed by atoms with Crippen molar-refractivity contribution >= 4 is 23.2 Å². The number of carbonyl (C=O) groups excluding carboxylic acids is 1. The van der Waals surface area contributed by atoms with Crippen LogP contribution >= 0.6 is 11.6 Å². The van der Waals surface area contributed by atoms with E-state index < -0.39 is 0 Å². The number of amides is 1. The van der Waals surface area contributed by atoms with Crippen molar-refractivity contribution in [1.82, 2.24) is 5.43 Å². The van der Waals surface area contributed by atoms with Crippen molar-refractivity contribution in [3.05, 3.63) is 28.8 Å². The normalized spacial score (nSPS) is 25.2. The summed E-state index contributed by atoms with van der Waals surface area (Å²) in [6, 6.07) is 5.54. The van der Waals surface area contributed by atoms with Crippen molar-refractivity contribution in [1.29, 1.82) is 0 Å². The predicted octanol–water partition coefficient (Wildman–Crippen LogP) is 4.74. The van der Waals surface area contributed by atoms with Gasteiger partial charge in [-0.05, 0) is 75.1 Å². The molecule has 25 heavy (non-hydrogen) atoms. The summed E-state index contributed by atoms with van der Waals surface area (Å²) in [5, 5.41) is 5.05. The second-order valence-electron chi connectivity index (χ2n) is 7.43. The molecular formula is C20H27ClN2O2. The summed E-state index contributed by atoms with van der Waals surface area (Å²) in [7, 11) is 0. The zero-order valence-corrected chi connectivity index (χ0v) is 15.8. The van der Waals surface area contributed by atoms with E-state index in [1.54, 1.807) is 0 Å². The number of fused-ring (bicyclic) bond motifs is 2. The lowest BCUT2D eigenvalue weighted by Crippen LogP contribution is -2.24. The van der Waals surface area contributed by atoms with Crippen LogP contribution in [0.1, 0.15) is 51.0 Å². The first-order valence-corrected chi connectivity index (χ1v) is 9.62. The number of benzene rings is 1. The van der Waals surface area contributed by atoms with Gasteiger partial charge in [0.1, 0.15) is 5.75 Å². The molecule has 0 heterocycles. The van der Waals surface area contributed by atoms with Gasteiger partial charge in [0.15, 0.2) is 0 Å². The Morgan fingerprint density at radius 1 is 1.36 bits per heavy atom. The van der Waals surface area contributed by atoms with Crippen LogP contribution in [0.2, 0.25) is 5.02 Å². The smallest absolute Gasteiger partial charge is 0.240 e. The van der Waals surface area contributed by atoms with Crippen LogP contribution < -0.4 is 10.2 Å². The number of carbonyl (C=O) groups is 1. The standard InChI is InChI=1S/C20H27ClN2O2/c1-13-10-17(21)7-8-19(13)25-9-3-4-20(24)23-22-14(2)18-12-15-5-6-16(18)11-15/h7-8,10,15-16,18H,3-6,9,11-12H2,1-2H3,(H,23,24). The minimum absolute atomic E-state index is 0.0427. The minimum Gasteiger partial charge on any atom is -0.493 e. The summed E-state index contributed by atoms with van der Waals surface area (Å²) >= 11 is 5.93. The molecular weight excluding hydrogens is 336 g/mol. The highest BCUT2D eigenvalue weighted by Gasteiger charge is 2.40. The van der Waals surface area contributed by atoms with Crippen LogP contribution in [0.15, 0.2) is 23.3 Å². The summed E-state index contributed by atoms with van der Waals surface area (Å²) in [5.74, 6) is 3.04. The summed E-state index contributed by atoms with van der Waals surface area (Å²) in [5.41, 5.74) is 4.81. The number of hydrogen-bond donors (Lipinski definition) is 1. The van der Waals surface area contributed by atoms with Gasteiger partial charge >= 0.3 is 0 Å². The van der Waals surface area contributed by atoms with Crippen molar-refractivity contribution in [2.24, 2.45) is 22.9 Å². The van der Waals surface area contributed by atoms with Gasteiger partial charge in [0.05, 0.1) is 6.61 Å². The van der Waals surface area contributed by atoms with Crippen molar-refractivity contribution in [3.8, 4) is 5.75 Å². The maximum absolute atomic E-state index is 12.0. The van der Waals surface area contributed by atoms with E-state index in [0.717, 1.165) is 28.9 Å². The quantitative estimate of drug-likeness (QED) is 0.433. The number of nitrogens with zero attached hydrogens (tertiary/aromatic N) is 1. The van der Waals surface area contributed by atoms with Gasteiger partial charge in [0.25, 0.3) is 0 Å². The Kier molecular flexibility index (Phi) is 6.00. The fourth-order valence-corrected chi connectivity index (χ4v) is 4.46. The summed E-state index contributed by atoms with van der Waals surface area (Å²) in [4.78, 5) is 12.0. The number of hydrogen-bond acceptors (Lipinski definition) is 3.